The van der Waals surface area contributed by atoms with Gasteiger partial charge in [-0.05, 0) is 19.4 Å². The number of anilines is 1. The highest BCUT2D eigenvalue weighted by atomic mass is 32.1. The lowest BCUT2D eigenvalue weighted by Crippen LogP contribution is -3.14. The molecule has 1 atom stereocenters. The molecule has 2 aliphatic rings. The number of nitrogens with one attached hydrogen (secondary N) is 2. The number of amides is 2. The second kappa shape index (κ2) is 6.82. The van der Waals surface area contributed by atoms with E-state index in [1.807, 2.05) is 0 Å². The third-order valence-corrected chi connectivity index (χ3v) is 5.48. The van der Waals surface area contributed by atoms with Crippen LogP contribution in [0.1, 0.15) is 34.6 Å². The summed E-state index contributed by atoms with van der Waals surface area (Å²) in [7, 11) is 0. The molecule has 0 fully saturated rings. The van der Waals surface area contributed by atoms with E-state index in [2.05, 4.69) is 19.2 Å². The van der Waals surface area contributed by atoms with Crippen LogP contribution in [0.3, 0.4) is 0 Å². The van der Waals surface area contributed by atoms with Crippen molar-refractivity contribution in [3.8, 4) is 0 Å². The minimum Gasteiger partial charge on any atom is -0.494 e. The smallest absolute Gasteiger partial charge is 0.294 e. The Labute approximate surface area is 144 Å². The van der Waals surface area contributed by atoms with Crippen LogP contribution in [0.15, 0.2) is 12.0 Å². The van der Waals surface area contributed by atoms with Gasteiger partial charge in [0.2, 0.25) is 5.76 Å². The molecule has 1 unspecified atom stereocenters. The van der Waals surface area contributed by atoms with E-state index < -0.39 is 11.8 Å². The first-order chi connectivity index (χ1) is 11.5. The maximum atomic E-state index is 12.3. The van der Waals surface area contributed by atoms with E-state index in [9.17, 15) is 9.59 Å². The Hall–Kier alpha value is -2.06. The highest BCUT2D eigenvalue weighted by Gasteiger charge is 2.31. The van der Waals surface area contributed by atoms with Crippen LogP contribution in [0.2, 0.25) is 0 Å². The molecular weight excluding hydrogens is 330 g/mol. The summed E-state index contributed by atoms with van der Waals surface area (Å²) in [4.78, 5) is 26.8. The van der Waals surface area contributed by atoms with Crippen LogP contribution in [0.4, 0.5) is 5.00 Å². The fourth-order valence-electron chi connectivity index (χ4n) is 2.99. The first kappa shape index (κ1) is 16.8. The molecule has 1 aromatic rings. The Kier molecular flexibility index (Phi) is 4.77. The number of rotatable bonds is 4. The molecule has 2 amide bonds. The van der Waals surface area contributed by atoms with Crippen molar-refractivity contribution in [2.24, 2.45) is 5.73 Å². The predicted octanol–water partition coefficient (Wildman–Crippen LogP) is 0.0231. The summed E-state index contributed by atoms with van der Waals surface area (Å²) in [6.45, 7) is 6.91. The van der Waals surface area contributed by atoms with Crippen molar-refractivity contribution in [2.75, 3.05) is 25.1 Å². The number of fused-ring (bicyclic) bond motifs is 1. The summed E-state index contributed by atoms with van der Waals surface area (Å²) >= 11 is 1.43. The molecule has 7 nitrogen and oxygen atoms in total. The molecule has 8 heteroatoms. The number of nitrogens with two attached hydrogens (primary N) is 1. The maximum absolute atomic E-state index is 12.3. The van der Waals surface area contributed by atoms with Crippen molar-refractivity contribution >= 4 is 28.2 Å². The van der Waals surface area contributed by atoms with Gasteiger partial charge in [0.05, 0.1) is 23.0 Å². The molecule has 2 aliphatic heterocycles. The van der Waals surface area contributed by atoms with E-state index in [0.717, 1.165) is 30.0 Å². The fourth-order valence-corrected chi connectivity index (χ4v) is 4.29. The second-order valence-electron chi connectivity index (χ2n) is 6.22. The largest absolute Gasteiger partial charge is 0.494 e. The predicted molar refractivity (Wildman–Crippen MR) is 89.8 cm³/mol. The number of thiophene rings is 1. The SMILES string of the molecule is CC(C)[NH+]1CCc2c(sc(NC(=O)C3=COCCO3)c2C(N)=O)C1. The van der Waals surface area contributed by atoms with Gasteiger partial charge in [-0.15, -0.1) is 11.3 Å². The van der Waals surface area contributed by atoms with Gasteiger partial charge in [-0.25, -0.2) is 0 Å². The van der Waals surface area contributed by atoms with Crippen LogP contribution < -0.4 is 16.0 Å². The number of carbonyl (C=O) groups is 2. The number of ether oxygens (including phenoxy) is 2. The van der Waals surface area contributed by atoms with E-state index in [1.165, 1.54) is 22.5 Å². The number of primary amides is 1. The Morgan fingerprint density at radius 3 is 2.79 bits per heavy atom. The van der Waals surface area contributed by atoms with Crippen LogP contribution in [0, 0.1) is 0 Å². The topological polar surface area (TPSA) is 95.1 Å². The minimum absolute atomic E-state index is 0.109. The van der Waals surface area contributed by atoms with Crippen molar-refractivity contribution < 1.29 is 24.0 Å². The average Bonchev–Trinajstić information content (AvgIpc) is 2.92. The molecule has 0 radical (unpaired) electrons. The second-order valence-corrected chi connectivity index (χ2v) is 7.32. The molecule has 0 aliphatic carbocycles. The average molecular weight is 352 g/mol. The fraction of sp³-hybridized carbons (Fsp3) is 0.500. The first-order valence-corrected chi connectivity index (χ1v) is 8.84. The monoisotopic (exact) mass is 352 g/mol. The van der Waals surface area contributed by atoms with Gasteiger partial charge in [0.15, 0.2) is 0 Å². The summed E-state index contributed by atoms with van der Waals surface area (Å²) < 4.78 is 10.4. The van der Waals surface area contributed by atoms with Gasteiger partial charge in [0.25, 0.3) is 11.8 Å². The van der Waals surface area contributed by atoms with Gasteiger partial charge in [0, 0.05) is 6.42 Å². The molecule has 0 bridgehead atoms. The maximum Gasteiger partial charge on any atom is 0.294 e. The van der Waals surface area contributed by atoms with Gasteiger partial charge in [-0.1, -0.05) is 0 Å². The van der Waals surface area contributed by atoms with Gasteiger partial charge >= 0.3 is 0 Å². The highest BCUT2D eigenvalue weighted by Crippen LogP contribution is 2.34. The Bertz CT molecular complexity index is 696. The number of hydrogen-bond donors (Lipinski definition) is 3. The third kappa shape index (κ3) is 3.25. The zero-order valence-electron chi connectivity index (χ0n) is 13.8. The molecule has 130 valence electrons. The van der Waals surface area contributed by atoms with Crippen molar-refractivity contribution in [3.63, 3.8) is 0 Å². The molecule has 0 saturated heterocycles. The lowest BCUT2D eigenvalue weighted by Gasteiger charge is -2.27. The molecule has 3 rings (SSSR count). The van der Waals surface area contributed by atoms with Gasteiger partial charge in [-0.3, -0.25) is 9.59 Å². The lowest BCUT2D eigenvalue weighted by molar-refractivity contribution is -0.936. The summed E-state index contributed by atoms with van der Waals surface area (Å²) in [5, 5.41) is 3.26. The lowest BCUT2D eigenvalue weighted by atomic mass is 10.0. The summed E-state index contributed by atoms with van der Waals surface area (Å²) in [6.07, 6.45) is 2.08. The molecular formula is C16H22N3O4S+. The Balaban J connectivity index is 1.87. The quantitative estimate of drug-likeness (QED) is 0.712. The van der Waals surface area contributed by atoms with Gasteiger partial charge in [0.1, 0.15) is 31.0 Å². The summed E-state index contributed by atoms with van der Waals surface area (Å²) in [6, 6.07) is 0.508. The molecule has 4 N–H and O–H groups in total. The van der Waals surface area contributed by atoms with Crippen LogP contribution in [0.25, 0.3) is 0 Å². The summed E-state index contributed by atoms with van der Waals surface area (Å²) in [5.41, 5.74) is 6.98. The van der Waals surface area contributed by atoms with E-state index in [4.69, 9.17) is 15.2 Å². The van der Waals surface area contributed by atoms with E-state index in [-0.39, 0.29) is 5.76 Å². The highest BCUT2D eigenvalue weighted by molar-refractivity contribution is 7.17. The minimum atomic E-state index is -0.509. The van der Waals surface area contributed by atoms with Crippen LogP contribution in [0.5, 0.6) is 0 Å². The van der Waals surface area contributed by atoms with E-state index in [0.29, 0.717) is 29.8 Å². The molecule has 0 aromatic carbocycles. The number of carbonyl (C=O) groups excluding carboxylic acids is 2. The van der Waals surface area contributed by atoms with Crippen LogP contribution >= 0.6 is 11.3 Å². The van der Waals surface area contributed by atoms with Crippen LogP contribution in [-0.2, 0) is 27.2 Å². The van der Waals surface area contributed by atoms with Gasteiger partial charge in [-0.2, -0.15) is 0 Å². The first-order valence-electron chi connectivity index (χ1n) is 8.02. The van der Waals surface area contributed by atoms with Crippen molar-refractivity contribution in [3.05, 3.63) is 28.0 Å². The molecule has 1 aromatic heterocycles. The van der Waals surface area contributed by atoms with Gasteiger partial charge < -0.3 is 25.4 Å². The molecule has 0 spiro atoms. The normalized spacial score (nSPS) is 19.8. The van der Waals surface area contributed by atoms with Crippen molar-refractivity contribution in [2.45, 2.75) is 32.9 Å². The van der Waals surface area contributed by atoms with Crippen molar-refractivity contribution in [1.29, 1.82) is 0 Å². The zero-order valence-corrected chi connectivity index (χ0v) is 14.6. The molecule has 3 heterocycles. The van der Waals surface area contributed by atoms with E-state index >= 15 is 0 Å². The number of hydrogen-bond acceptors (Lipinski definition) is 5. The van der Waals surface area contributed by atoms with Crippen molar-refractivity contribution in [1.82, 2.24) is 0 Å². The number of quaternary nitrogens is 1. The van der Waals surface area contributed by atoms with Crippen LogP contribution in [-0.4, -0.2) is 37.6 Å². The molecule has 0 saturated carbocycles. The third-order valence-electron chi connectivity index (χ3n) is 4.34. The zero-order chi connectivity index (χ0) is 17.3. The standard InChI is InChI=1S/C16H21N3O4S/c1-9(2)19-4-3-10-12(7-19)24-16(13(10)14(17)20)18-15(21)11-8-22-5-6-23-11/h8-9H,3-7H2,1-2H3,(H2,17,20)(H,18,21)/p+1. The Morgan fingerprint density at radius 2 is 2.17 bits per heavy atom. The van der Waals surface area contributed by atoms with E-state index in [1.54, 1.807) is 0 Å². The summed E-state index contributed by atoms with van der Waals surface area (Å²) in [5.74, 6) is -0.827. The Morgan fingerprint density at radius 1 is 1.38 bits per heavy atom. The molecule has 24 heavy (non-hydrogen) atoms.